The van der Waals surface area contributed by atoms with Gasteiger partial charge in [-0.1, -0.05) is 35.9 Å². The lowest BCUT2D eigenvalue weighted by atomic mass is 10.1. The van der Waals surface area contributed by atoms with Crippen molar-refractivity contribution >= 4 is 34.6 Å². The normalized spacial score (nSPS) is 10.9. The van der Waals surface area contributed by atoms with E-state index in [1.165, 1.54) is 11.1 Å². The minimum Gasteiger partial charge on any atom is -0.362 e. The number of benzene rings is 1. The minimum absolute atomic E-state index is 0.597. The summed E-state index contributed by atoms with van der Waals surface area (Å²) in [7, 11) is 0. The number of halogens is 1. The van der Waals surface area contributed by atoms with Gasteiger partial charge in [0.25, 0.3) is 0 Å². The van der Waals surface area contributed by atoms with E-state index in [9.17, 15) is 0 Å². The molecule has 8 heteroatoms. The van der Waals surface area contributed by atoms with Gasteiger partial charge < -0.3 is 10.6 Å². The Morgan fingerprint density at radius 2 is 2.00 bits per heavy atom. The highest BCUT2D eigenvalue weighted by molar-refractivity contribution is 7.80. The van der Waals surface area contributed by atoms with Crippen LogP contribution in [0.25, 0.3) is 0 Å². The van der Waals surface area contributed by atoms with Gasteiger partial charge in [-0.25, -0.2) is 0 Å². The molecule has 0 bridgehead atoms. The van der Waals surface area contributed by atoms with Crippen LogP contribution in [0.2, 0.25) is 5.02 Å². The number of aryl methyl sites for hydroxylation is 3. The molecule has 1 aromatic carbocycles. The maximum absolute atomic E-state index is 5.87. The molecule has 0 amide bonds. The van der Waals surface area contributed by atoms with Crippen LogP contribution in [0.15, 0.2) is 36.7 Å². The molecular weight excluding hydrogens is 392 g/mol. The lowest BCUT2D eigenvalue weighted by molar-refractivity contribution is 0.574. The Bertz CT molecular complexity index is 962. The van der Waals surface area contributed by atoms with Gasteiger partial charge in [-0.15, -0.1) is 0 Å². The molecule has 0 aliphatic carbocycles. The average molecular weight is 417 g/mol. The highest BCUT2D eigenvalue weighted by Gasteiger charge is 2.13. The Kier molecular flexibility index (Phi) is 6.70. The first-order valence-corrected chi connectivity index (χ1v) is 10.0. The topological polar surface area (TPSA) is 59.7 Å². The summed E-state index contributed by atoms with van der Waals surface area (Å²) in [5, 5.41) is 16.6. The van der Waals surface area contributed by atoms with Crippen LogP contribution >= 0.6 is 23.8 Å². The van der Waals surface area contributed by atoms with Crippen molar-refractivity contribution in [2.75, 3.05) is 11.9 Å². The van der Waals surface area contributed by atoms with Crippen LogP contribution in [0.3, 0.4) is 0 Å². The van der Waals surface area contributed by atoms with Gasteiger partial charge in [0.05, 0.1) is 34.8 Å². The molecule has 0 saturated carbocycles. The van der Waals surface area contributed by atoms with E-state index in [1.54, 1.807) is 6.20 Å². The maximum Gasteiger partial charge on any atom is 0.170 e. The van der Waals surface area contributed by atoms with Crippen molar-refractivity contribution in [1.82, 2.24) is 24.9 Å². The SMILES string of the molecule is Cc1ccccc1Cn1nc(C)c(NC(=S)NCCCn2cc(Cl)cn2)c1C. The highest BCUT2D eigenvalue weighted by atomic mass is 35.5. The Labute approximate surface area is 175 Å². The highest BCUT2D eigenvalue weighted by Crippen LogP contribution is 2.21. The number of hydrogen-bond acceptors (Lipinski definition) is 3. The molecule has 0 atom stereocenters. The molecule has 0 saturated heterocycles. The van der Waals surface area contributed by atoms with Crippen LogP contribution in [0.5, 0.6) is 0 Å². The molecule has 0 unspecified atom stereocenters. The monoisotopic (exact) mass is 416 g/mol. The second-order valence-corrected chi connectivity index (χ2v) is 7.63. The average Bonchev–Trinajstić information content (AvgIpc) is 3.19. The van der Waals surface area contributed by atoms with Gasteiger partial charge in [-0.3, -0.25) is 9.36 Å². The van der Waals surface area contributed by atoms with Crippen molar-refractivity contribution in [3.8, 4) is 0 Å². The lowest BCUT2D eigenvalue weighted by Crippen LogP contribution is -2.30. The summed E-state index contributed by atoms with van der Waals surface area (Å²) in [6.45, 7) is 8.45. The van der Waals surface area contributed by atoms with Crippen LogP contribution in [-0.4, -0.2) is 31.2 Å². The largest absolute Gasteiger partial charge is 0.362 e. The van der Waals surface area contributed by atoms with Gasteiger partial charge in [-0.05, 0) is 50.5 Å². The third-order valence-electron chi connectivity index (χ3n) is 4.65. The number of aromatic nitrogens is 4. The van der Waals surface area contributed by atoms with E-state index in [1.807, 2.05) is 22.5 Å². The van der Waals surface area contributed by atoms with Crippen LogP contribution in [0.4, 0.5) is 5.69 Å². The summed E-state index contributed by atoms with van der Waals surface area (Å²) < 4.78 is 3.84. The van der Waals surface area contributed by atoms with Crippen molar-refractivity contribution in [2.45, 2.75) is 40.3 Å². The van der Waals surface area contributed by atoms with E-state index in [0.29, 0.717) is 10.1 Å². The second-order valence-electron chi connectivity index (χ2n) is 6.79. The Hall–Kier alpha value is -2.38. The predicted molar refractivity (Wildman–Crippen MR) is 118 cm³/mol. The molecule has 28 heavy (non-hydrogen) atoms. The lowest BCUT2D eigenvalue weighted by Gasteiger charge is -2.12. The molecule has 2 aromatic heterocycles. The molecular formula is C20H25ClN6S. The molecule has 0 fully saturated rings. The molecule has 0 spiro atoms. The Morgan fingerprint density at radius 3 is 2.71 bits per heavy atom. The molecule has 6 nitrogen and oxygen atoms in total. The van der Waals surface area contributed by atoms with Gasteiger partial charge in [0.15, 0.2) is 5.11 Å². The van der Waals surface area contributed by atoms with Crippen LogP contribution in [0.1, 0.15) is 28.9 Å². The van der Waals surface area contributed by atoms with E-state index >= 15 is 0 Å². The van der Waals surface area contributed by atoms with Crippen molar-refractivity contribution in [1.29, 1.82) is 0 Å². The van der Waals surface area contributed by atoms with Gasteiger partial charge >= 0.3 is 0 Å². The fourth-order valence-corrected chi connectivity index (χ4v) is 3.40. The minimum atomic E-state index is 0.597. The quantitative estimate of drug-likeness (QED) is 0.449. The molecule has 3 aromatic rings. The van der Waals surface area contributed by atoms with Crippen molar-refractivity contribution in [3.63, 3.8) is 0 Å². The van der Waals surface area contributed by atoms with E-state index < -0.39 is 0 Å². The summed E-state index contributed by atoms with van der Waals surface area (Å²) in [4.78, 5) is 0. The molecule has 0 radical (unpaired) electrons. The Morgan fingerprint density at radius 1 is 1.21 bits per heavy atom. The first-order valence-electron chi connectivity index (χ1n) is 9.25. The fourth-order valence-electron chi connectivity index (χ4n) is 3.04. The van der Waals surface area contributed by atoms with Gasteiger partial charge in [-0.2, -0.15) is 10.2 Å². The molecule has 2 heterocycles. The summed E-state index contributed by atoms with van der Waals surface area (Å²) in [5.74, 6) is 0. The van der Waals surface area contributed by atoms with Crippen molar-refractivity contribution < 1.29 is 0 Å². The zero-order valence-corrected chi connectivity index (χ0v) is 17.9. The molecule has 0 aliphatic heterocycles. The number of rotatable bonds is 7. The summed E-state index contributed by atoms with van der Waals surface area (Å²) in [5.41, 5.74) is 5.49. The zero-order valence-electron chi connectivity index (χ0n) is 16.4. The van der Waals surface area contributed by atoms with E-state index in [-0.39, 0.29) is 0 Å². The Balaban J connectivity index is 1.54. The number of nitrogens with zero attached hydrogens (tertiary/aromatic N) is 4. The number of thiocarbonyl (C=S) groups is 1. The number of nitrogens with one attached hydrogen (secondary N) is 2. The summed E-state index contributed by atoms with van der Waals surface area (Å²) in [6.07, 6.45) is 4.35. The van der Waals surface area contributed by atoms with Crippen LogP contribution in [-0.2, 0) is 13.1 Å². The standard InChI is InChI=1S/C20H25ClN6S/c1-14-7-4-5-8-17(14)12-27-16(3)19(15(2)25-27)24-20(28)22-9-6-10-26-13-18(21)11-23-26/h4-5,7-8,11,13H,6,9-10,12H2,1-3H3,(H2,22,24,28). The summed E-state index contributed by atoms with van der Waals surface area (Å²) >= 11 is 11.3. The summed E-state index contributed by atoms with van der Waals surface area (Å²) in [6, 6.07) is 8.37. The molecule has 3 rings (SSSR count). The third kappa shape index (κ3) is 5.11. The van der Waals surface area contributed by atoms with Crippen LogP contribution in [0, 0.1) is 20.8 Å². The maximum atomic E-state index is 5.87. The van der Waals surface area contributed by atoms with E-state index in [4.69, 9.17) is 23.8 Å². The number of hydrogen-bond donors (Lipinski definition) is 2. The van der Waals surface area contributed by atoms with Crippen LogP contribution < -0.4 is 10.6 Å². The van der Waals surface area contributed by atoms with Crippen molar-refractivity contribution in [2.24, 2.45) is 0 Å². The second kappa shape index (κ2) is 9.21. The molecule has 148 valence electrons. The fraction of sp³-hybridized carbons (Fsp3) is 0.350. The first-order chi connectivity index (χ1) is 13.4. The smallest absolute Gasteiger partial charge is 0.170 e. The first kappa shape index (κ1) is 20.4. The van der Waals surface area contributed by atoms with Gasteiger partial charge in [0, 0.05) is 19.3 Å². The third-order valence-corrected chi connectivity index (χ3v) is 5.09. The van der Waals surface area contributed by atoms with Crippen molar-refractivity contribution in [3.05, 3.63) is 64.2 Å². The van der Waals surface area contributed by atoms with Gasteiger partial charge in [0.1, 0.15) is 0 Å². The zero-order chi connectivity index (χ0) is 20.1. The van der Waals surface area contributed by atoms with E-state index in [0.717, 1.165) is 43.1 Å². The molecule has 0 aliphatic rings. The number of anilines is 1. The predicted octanol–water partition coefficient (Wildman–Crippen LogP) is 4.08. The van der Waals surface area contributed by atoms with E-state index in [2.05, 4.69) is 58.9 Å². The molecule has 2 N–H and O–H groups in total. The van der Waals surface area contributed by atoms with Gasteiger partial charge in [0.2, 0.25) is 0 Å².